The first-order valence-corrected chi connectivity index (χ1v) is 9.43. The van der Waals surface area contributed by atoms with Crippen molar-refractivity contribution < 1.29 is 24.2 Å². The number of hydrogen-bond donors (Lipinski definition) is 2. The summed E-state index contributed by atoms with van der Waals surface area (Å²) in [5.41, 5.74) is 1.71. The minimum Gasteiger partial charge on any atom is -0.493 e. The number of pyridine rings is 1. The van der Waals surface area contributed by atoms with Crippen LogP contribution in [0.3, 0.4) is 0 Å². The molecule has 0 fully saturated rings. The van der Waals surface area contributed by atoms with E-state index < -0.39 is 11.4 Å². The Morgan fingerprint density at radius 3 is 2.66 bits per heavy atom. The topological polar surface area (TPSA) is 107 Å². The van der Waals surface area contributed by atoms with Gasteiger partial charge < -0.3 is 24.5 Å². The monoisotopic (exact) mass is 400 g/mol. The zero-order chi connectivity index (χ0) is 21.1. The van der Waals surface area contributed by atoms with E-state index in [1.807, 2.05) is 17.6 Å². The number of nitrogens with zero attached hydrogens (tertiary/aromatic N) is 1. The molecule has 1 aliphatic heterocycles. The first-order valence-electron chi connectivity index (χ1n) is 9.43. The number of fused-ring (bicyclic) bond motifs is 3. The number of rotatable bonds is 7. The van der Waals surface area contributed by atoms with Crippen LogP contribution in [-0.4, -0.2) is 41.8 Å². The predicted molar refractivity (Wildman–Crippen MR) is 107 cm³/mol. The molecule has 1 atom stereocenters. The Hall–Kier alpha value is -3.29. The molecule has 1 amide bonds. The van der Waals surface area contributed by atoms with Gasteiger partial charge in [0.05, 0.1) is 19.3 Å². The molecule has 1 unspecified atom stereocenters. The number of carbonyl (C=O) groups excluding carboxylic acids is 1. The minimum absolute atomic E-state index is 0.0248. The number of nitrogens with one attached hydrogen (secondary N) is 1. The Morgan fingerprint density at radius 2 is 2.03 bits per heavy atom. The van der Waals surface area contributed by atoms with Crippen molar-refractivity contribution in [1.82, 2.24) is 9.88 Å². The van der Waals surface area contributed by atoms with E-state index in [2.05, 4.69) is 5.32 Å². The smallest absolute Gasteiger partial charge is 0.341 e. The highest BCUT2D eigenvalue weighted by Gasteiger charge is 2.26. The van der Waals surface area contributed by atoms with Crippen LogP contribution in [0.25, 0.3) is 11.3 Å². The minimum atomic E-state index is -1.23. The Balaban J connectivity index is 2.03. The number of amides is 1. The molecule has 154 valence electrons. The van der Waals surface area contributed by atoms with Gasteiger partial charge in [0.2, 0.25) is 5.91 Å². The molecule has 0 bridgehead atoms. The van der Waals surface area contributed by atoms with Crippen LogP contribution in [0.2, 0.25) is 0 Å². The Bertz CT molecular complexity index is 1010. The van der Waals surface area contributed by atoms with Crippen LogP contribution in [0.1, 0.15) is 42.2 Å². The van der Waals surface area contributed by atoms with Crippen LogP contribution in [0.4, 0.5) is 0 Å². The van der Waals surface area contributed by atoms with Gasteiger partial charge in [0, 0.05) is 30.8 Å². The van der Waals surface area contributed by atoms with Crippen LogP contribution < -0.4 is 20.2 Å². The maximum Gasteiger partial charge on any atom is 0.341 e. The average molecular weight is 400 g/mol. The molecule has 0 saturated carbocycles. The molecule has 2 heterocycles. The summed E-state index contributed by atoms with van der Waals surface area (Å²) in [4.78, 5) is 34.7. The molecule has 8 nitrogen and oxygen atoms in total. The first kappa shape index (κ1) is 20.4. The number of aromatic carboxylic acids is 1. The van der Waals surface area contributed by atoms with Gasteiger partial charge in [-0.05, 0) is 30.5 Å². The molecule has 8 heteroatoms. The van der Waals surface area contributed by atoms with Crippen molar-refractivity contribution in [1.29, 1.82) is 0 Å². The highest BCUT2D eigenvalue weighted by molar-refractivity contribution is 5.88. The summed E-state index contributed by atoms with van der Waals surface area (Å²) < 4.78 is 13.1. The maximum absolute atomic E-state index is 12.3. The lowest BCUT2D eigenvalue weighted by Crippen LogP contribution is -2.26. The number of methoxy groups -OCH3 is 1. The van der Waals surface area contributed by atoms with E-state index in [0.717, 1.165) is 17.5 Å². The lowest BCUT2D eigenvalue weighted by Gasteiger charge is -2.31. The van der Waals surface area contributed by atoms with Crippen LogP contribution in [0, 0.1) is 0 Å². The third kappa shape index (κ3) is 4.11. The number of carboxylic acids is 1. The van der Waals surface area contributed by atoms with Gasteiger partial charge in [0.1, 0.15) is 12.2 Å². The first-order chi connectivity index (χ1) is 13.8. The summed E-state index contributed by atoms with van der Waals surface area (Å²) in [6.07, 6.45) is 2.88. The molecule has 0 aliphatic carbocycles. The molecule has 0 radical (unpaired) electrons. The molecule has 1 aliphatic rings. The summed E-state index contributed by atoms with van der Waals surface area (Å²) >= 11 is 0. The van der Waals surface area contributed by atoms with E-state index in [1.54, 1.807) is 6.07 Å². The van der Waals surface area contributed by atoms with Gasteiger partial charge >= 0.3 is 5.97 Å². The van der Waals surface area contributed by atoms with Gasteiger partial charge in [-0.15, -0.1) is 0 Å². The van der Waals surface area contributed by atoms with E-state index in [1.165, 1.54) is 26.3 Å². The summed E-state index contributed by atoms with van der Waals surface area (Å²) in [6, 6.07) is 5.10. The highest BCUT2D eigenvalue weighted by atomic mass is 16.5. The van der Waals surface area contributed by atoms with Crippen molar-refractivity contribution in [3.63, 3.8) is 0 Å². The second-order valence-corrected chi connectivity index (χ2v) is 6.91. The number of ether oxygens (including phenoxy) is 2. The lowest BCUT2D eigenvalue weighted by molar-refractivity contribution is -0.119. The lowest BCUT2D eigenvalue weighted by atomic mass is 9.90. The predicted octanol–water partition coefficient (Wildman–Crippen LogP) is 2.24. The fourth-order valence-electron chi connectivity index (χ4n) is 3.59. The van der Waals surface area contributed by atoms with Crippen molar-refractivity contribution in [3.8, 4) is 22.8 Å². The SMILES string of the molecule is CCC1Cc2cc(OCCNC(C)=O)c(OC)cc2-c2cc(=O)c(C(=O)O)cn21. The molecule has 2 aromatic rings. The van der Waals surface area contributed by atoms with Gasteiger partial charge in [0.25, 0.3) is 0 Å². The number of benzene rings is 1. The quantitative estimate of drug-likeness (QED) is 0.691. The molecule has 0 spiro atoms. The molecule has 1 aromatic carbocycles. The molecule has 0 saturated heterocycles. The van der Waals surface area contributed by atoms with E-state index in [4.69, 9.17) is 9.47 Å². The van der Waals surface area contributed by atoms with Crippen molar-refractivity contribution in [3.05, 3.63) is 45.7 Å². The van der Waals surface area contributed by atoms with Crippen LogP contribution in [0.5, 0.6) is 11.5 Å². The molecular formula is C21H24N2O6. The third-order valence-electron chi connectivity index (χ3n) is 5.03. The molecule has 29 heavy (non-hydrogen) atoms. The Labute approximate surface area is 168 Å². The normalized spacial score (nSPS) is 14.5. The fraction of sp³-hybridized carbons (Fsp3) is 0.381. The van der Waals surface area contributed by atoms with E-state index in [0.29, 0.717) is 36.8 Å². The zero-order valence-electron chi connectivity index (χ0n) is 16.7. The summed E-state index contributed by atoms with van der Waals surface area (Å²) in [5, 5.41) is 12.0. The van der Waals surface area contributed by atoms with Crippen LogP contribution in [0.15, 0.2) is 29.2 Å². The second-order valence-electron chi connectivity index (χ2n) is 6.91. The average Bonchev–Trinajstić information content (AvgIpc) is 2.69. The molecule has 1 aromatic heterocycles. The van der Waals surface area contributed by atoms with Gasteiger partial charge in [0.15, 0.2) is 16.9 Å². The molecule has 2 N–H and O–H groups in total. The number of hydrogen-bond acceptors (Lipinski definition) is 5. The largest absolute Gasteiger partial charge is 0.493 e. The van der Waals surface area contributed by atoms with E-state index in [-0.39, 0.29) is 17.5 Å². The molecule has 3 rings (SSSR count). The third-order valence-corrected chi connectivity index (χ3v) is 5.03. The van der Waals surface area contributed by atoms with E-state index >= 15 is 0 Å². The van der Waals surface area contributed by atoms with Gasteiger partial charge in [-0.2, -0.15) is 0 Å². The van der Waals surface area contributed by atoms with Crippen LogP contribution in [-0.2, 0) is 11.2 Å². The standard InChI is InChI=1S/C21H24N2O6/c1-4-14-7-13-8-20(29-6-5-22-12(2)24)19(28-3)9-15(13)17-10-18(25)16(21(26)27)11-23(14)17/h8-11,14H,4-7H2,1-3H3,(H,22,24)(H,26,27). The Morgan fingerprint density at radius 1 is 1.28 bits per heavy atom. The van der Waals surface area contributed by atoms with Gasteiger partial charge in [-0.3, -0.25) is 9.59 Å². The van der Waals surface area contributed by atoms with Crippen molar-refractivity contribution >= 4 is 11.9 Å². The van der Waals surface area contributed by atoms with Gasteiger partial charge in [-0.1, -0.05) is 6.92 Å². The van der Waals surface area contributed by atoms with Crippen LogP contribution >= 0.6 is 0 Å². The van der Waals surface area contributed by atoms with Crippen molar-refractivity contribution in [2.24, 2.45) is 0 Å². The highest BCUT2D eigenvalue weighted by Crippen LogP contribution is 2.41. The number of carboxylic acid groups (broad SMARTS) is 1. The number of carbonyl (C=O) groups is 2. The summed E-state index contributed by atoms with van der Waals surface area (Å²) in [6.45, 7) is 4.14. The second kappa shape index (κ2) is 8.38. The fourth-order valence-corrected chi connectivity index (χ4v) is 3.59. The summed E-state index contributed by atoms with van der Waals surface area (Å²) in [5.74, 6) is -0.293. The number of aromatic nitrogens is 1. The maximum atomic E-state index is 12.3. The van der Waals surface area contributed by atoms with E-state index in [9.17, 15) is 19.5 Å². The Kier molecular flexibility index (Phi) is 5.91. The zero-order valence-corrected chi connectivity index (χ0v) is 16.7. The molecular weight excluding hydrogens is 376 g/mol. The summed E-state index contributed by atoms with van der Waals surface area (Å²) in [7, 11) is 1.53. The van der Waals surface area contributed by atoms with Crippen molar-refractivity contribution in [2.75, 3.05) is 20.3 Å². The van der Waals surface area contributed by atoms with Gasteiger partial charge in [-0.25, -0.2) is 4.79 Å². The van der Waals surface area contributed by atoms with Crippen molar-refractivity contribution in [2.45, 2.75) is 32.7 Å².